The fourth-order valence-electron chi connectivity index (χ4n) is 1.87. The van der Waals surface area contributed by atoms with E-state index in [0.717, 1.165) is 0 Å². The number of aliphatic hydroxyl groups excluding tert-OH is 1. The Kier molecular flexibility index (Phi) is 3.31. The number of carbonyl (C=O) groups is 1. The fraction of sp³-hybridized carbons (Fsp3) is 0.500. The largest absolute Gasteiger partial charge is 0.394 e. The molecule has 1 atom stereocenters. The van der Waals surface area contributed by atoms with Crippen LogP contribution in [0.25, 0.3) is 0 Å². The fourth-order valence-corrected chi connectivity index (χ4v) is 2.14. The van der Waals surface area contributed by atoms with E-state index in [9.17, 15) is 4.79 Å². The quantitative estimate of drug-likeness (QED) is 0.775. The van der Waals surface area contributed by atoms with Crippen molar-refractivity contribution < 1.29 is 9.90 Å². The van der Waals surface area contributed by atoms with Crippen molar-refractivity contribution in [2.45, 2.75) is 18.3 Å². The minimum Gasteiger partial charge on any atom is -0.394 e. The van der Waals surface area contributed by atoms with Crippen molar-refractivity contribution in [3.63, 3.8) is 0 Å². The van der Waals surface area contributed by atoms with E-state index in [0.29, 0.717) is 17.9 Å². The number of nitrogens with zero attached hydrogens (tertiary/aromatic N) is 4. The Labute approximate surface area is 103 Å². The van der Waals surface area contributed by atoms with Gasteiger partial charge in [0.25, 0.3) is 0 Å². The maximum atomic E-state index is 11.7. The van der Waals surface area contributed by atoms with Gasteiger partial charge in [0, 0.05) is 13.0 Å². The zero-order valence-electron chi connectivity index (χ0n) is 9.01. The number of rotatable bonds is 3. The van der Waals surface area contributed by atoms with Crippen LogP contribution in [0.1, 0.15) is 12.0 Å². The molecule has 0 aliphatic carbocycles. The van der Waals surface area contributed by atoms with Gasteiger partial charge >= 0.3 is 0 Å². The smallest absolute Gasteiger partial charge is 0.229 e. The molecule has 1 unspecified atom stereocenters. The van der Waals surface area contributed by atoms with E-state index in [1.54, 1.807) is 0 Å². The van der Waals surface area contributed by atoms with Crippen LogP contribution in [0.2, 0.25) is 0 Å². The maximum Gasteiger partial charge on any atom is 0.229 e. The SMILES string of the molecule is N#Cc1cnn(CCO)c1N1CC(Cl)CC1=O. The van der Waals surface area contributed by atoms with Gasteiger partial charge in [0.05, 0.1) is 24.7 Å². The average molecular weight is 255 g/mol. The van der Waals surface area contributed by atoms with Gasteiger partial charge in [-0.25, -0.2) is 4.68 Å². The lowest BCUT2D eigenvalue weighted by molar-refractivity contribution is -0.117. The first-order valence-corrected chi connectivity index (χ1v) is 5.62. The lowest BCUT2D eigenvalue weighted by atomic mass is 10.3. The molecule has 1 N–H and O–H groups in total. The summed E-state index contributed by atoms with van der Waals surface area (Å²) < 4.78 is 1.45. The number of hydrogen-bond donors (Lipinski definition) is 1. The third kappa shape index (κ3) is 2.12. The third-order valence-electron chi connectivity index (χ3n) is 2.58. The van der Waals surface area contributed by atoms with Crippen LogP contribution in [0.15, 0.2) is 6.20 Å². The van der Waals surface area contributed by atoms with Crippen LogP contribution in [0.4, 0.5) is 5.82 Å². The van der Waals surface area contributed by atoms with Gasteiger partial charge in [-0.15, -0.1) is 11.6 Å². The predicted octanol–water partition coefficient (Wildman–Crippen LogP) is 0.0912. The molecule has 17 heavy (non-hydrogen) atoms. The van der Waals surface area contributed by atoms with Crippen molar-refractivity contribution in [2.75, 3.05) is 18.1 Å². The number of aliphatic hydroxyl groups is 1. The summed E-state index contributed by atoms with van der Waals surface area (Å²) in [7, 11) is 0. The van der Waals surface area contributed by atoms with E-state index in [2.05, 4.69) is 5.10 Å². The highest BCUT2D eigenvalue weighted by Gasteiger charge is 2.33. The van der Waals surface area contributed by atoms with Gasteiger partial charge in [0.15, 0.2) is 5.82 Å². The molecule has 1 aliphatic rings. The molecule has 90 valence electrons. The topological polar surface area (TPSA) is 82.2 Å². The van der Waals surface area contributed by atoms with E-state index in [-0.39, 0.29) is 30.9 Å². The monoisotopic (exact) mass is 254 g/mol. The van der Waals surface area contributed by atoms with Crippen molar-refractivity contribution >= 4 is 23.3 Å². The molecule has 0 spiro atoms. The molecule has 2 rings (SSSR count). The van der Waals surface area contributed by atoms with E-state index in [4.69, 9.17) is 22.0 Å². The summed E-state index contributed by atoms with van der Waals surface area (Å²) in [4.78, 5) is 13.2. The molecule has 1 aromatic rings. The summed E-state index contributed by atoms with van der Waals surface area (Å²) in [5.74, 6) is 0.302. The highest BCUT2D eigenvalue weighted by atomic mass is 35.5. The number of alkyl halides is 1. The van der Waals surface area contributed by atoms with Crippen LogP contribution in [0.5, 0.6) is 0 Å². The summed E-state index contributed by atoms with van der Waals surface area (Å²) in [5, 5.41) is 21.6. The Hall–Kier alpha value is -1.58. The molecule has 1 aliphatic heterocycles. The van der Waals surface area contributed by atoms with Crippen LogP contribution in [0, 0.1) is 11.3 Å². The van der Waals surface area contributed by atoms with Gasteiger partial charge in [-0.05, 0) is 0 Å². The van der Waals surface area contributed by atoms with Crippen molar-refractivity contribution in [1.82, 2.24) is 9.78 Å². The molecule has 0 bridgehead atoms. The van der Waals surface area contributed by atoms with Crippen LogP contribution in [-0.4, -0.2) is 39.3 Å². The van der Waals surface area contributed by atoms with Gasteiger partial charge in [-0.3, -0.25) is 9.69 Å². The van der Waals surface area contributed by atoms with Gasteiger partial charge in [-0.2, -0.15) is 10.4 Å². The molecule has 1 saturated heterocycles. The van der Waals surface area contributed by atoms with Crippen LogP contribution < -0.4 is 4.90 Å². The second kappa shape index (κ2) is 4.73. The first-order valence-electron chi connectivity index (χ1n) is 5.18. The second-order valence-corrected chi connectivity index (χ2v) is 4.36. The van der Waals surface area contributed by atoms with Gasteiger partial charge in [0.1, 0.15) is 11.6 Å². The number of hydrogen-bond acceptors (Lipinski definition) is 4. The molecule has 1 aromatic heterocycles. The van der Waals surface area contributed by atoms with E-state index in [1.165, 1.54) is 15.8 Å². The zero-order valence-corrected chi connectivity index (χ0v) is 9.76. The summed E-state index contributed by atoms with van der Waals surface area (Å²) in [6.45, 7) is 0.506. The van der Waals surface area contributed by atoms with E-state index >= 15 is 0 Å². The van der Waals surface area contributed by atoms with Gasteiger partial charge in [-0.1, -0.05) is 0 Å². The van der Waals surface area contributed by atoms with Crippen molar-refractivity contribution in [3.8, 4) is 6.07 Å². The Balaban J connectivity index is 2.39. The standard InChI is InChI=1S/C10H11ClN4O2/c11-8-3-9(17)14(6-8)10-7(4-12)5-13-15(10)1-2-16/h5,8,16H,1-3,6H2. The van der Waals surface area contributed by atoms with Crippen LogP contribution >= 0.6 is 11.6 Å². The molecule has 0 aromatic carbocycles. The number of carbonyl (C=O) groups excluding carboxylic acids is 1. The minimum absolute atomic E-state index is 0.105. The van der Waals surface area contributed by atoms with Crippen molar-refractivity contribution in [3.05, 3.63) is 11.8 Å². The molecular weight excluding hydrogens is 244 g/mol. The molecule has 0 saturated carbocycles. The number of halogens is 1. The summed E-state index contributed by atoms with van der Waals surface area (Å²) in [6.07, 6.45) is 1.65. The van der Waals surface area contributed by atoms with Crippen LogP contribution in [0.3, 0.4) is 0 Å². The van der Waals surface area contributed by atoms with Gasteiger partial charge < -0.3 is 5.11 Å². The van der Waals surface area contributed by atoms with Crippen molar-refractivity contribution in [2.24, 2.45) is 0 Å². The Bertz CT molecular complexity index is 479. The molecule has 6 nitrogen and oxygen atoms in total. The highest BCUT2D eigenvalue weighted by molar-refractivity contribution is 6.24. The molecular formula is C10H11ClN4O2. The third-order valence-corrected chi connectivity index (χ3v) is 2.87. The maximum absolute atomic E-state index is 11.7. The molecule has 0 radical (unpaired) electrons. The molecule has 1 fully saturated rings. The number of aromatic nitrogens is 2. The Morgan fingerprint density at radius 3 is 3.00 bits per heavy atom. The molecule has 2 heterocycles. The highest BCUT2D eigenvalue weighted by Crippen LogP contribution is 2.27. The molecule has 1 amide bonds. The number of anilines is 1. The first kappa shape index (κ1) is 11.9. The number of nitriles is 1. The van der Waals surface area contributed by atoms with Crippen molar-refractivity contribution in [1.29, 1.82) is 5.26 Å². The zero-order chi connectivity index (χ0) is 12.4. The van der Waals surface area contributed by atoms with E-state index < -0.39 is 0 Å². The van der Waals surface area contributed by atoms with Gasteiger partial charge in [0.2, 0.25) is 5.91 Å². The lowest BCUT2D eigenvalue weighted by Crippen LogP contribution is -2.28. The van der Waals surface area contributed by atoms with Crippen LogP contribution in [-0.2, 0) is 11.3 Å². The number of amides is 1. The summed E-state index contributed by atoms with van der Waals surface area (Å²) >= 11 is 5.92. The predicted molar refractivity (Wildman–Crippen MR) is 60.6 cm³/mol. The Morgan fingerprint density at radius 2 is 2.47 bits per heavy atom. The first-order chi connectivity index (χ1) is 8.17. The molecule has 7 heteroatoms. The van der Waals surface area contributed by atoms with E-state index in [1.807, 2.05) is 6.07 Å². The second-order valence-electron chi connectivity index (χ2n) is 3.75. The lowest BCUT2D eigenvalue weighted by Gasteiger charge is -2.17. The average Bonchev–Trinajstić information content (AvgIpc) is 2.82. The summed E-state index contributed by atoms with van der Waals surface area (Å²) in [6, 6.07) is 1.98. The Morgan fingerprint density at radius 1 is 1.71 bits per heavy atom. The normalized spacial score (nSPS) is 19.7. The minimum atomic E-state index is -0.244. The summed E-state index contributed by atoms with van der Waals surface area (Å²) in [5.41, 5.74) is 0.317.